The Morgan fingerprint density at radius 2 is 1.22 bits per heavy atom. The molecule has 0 saturated heterocycles. The molecule has 0 aliphatic rings. The zero-order valence-electron chi connectivity index (χ0n) is 6.86. The first-order valence-corrected chi connectivity index (χ1v) is 6.82. The monoisotopic (exact) mass is 174 g/mol. The van der Waals surface area contributed by atoms with Crippen molar-refractivity contribution in [2.24, 2.45) is 0 Å². The molecule has 0 amide bonds. The molecule has 0 aromatic carbocycles. The van der Waals surface area contributed by atoms with Crippen molar-refractivity contribution in [1.29, 1.82) is 0 Å². The normalized spacial score (nSPS) is 7.56. The zero-order valence-corrected chi connectivity index (χ0v) is 9.83. The Morgan fingerprint density at radius 1 is 0.889 bits per heavy atom. The van der Waals surface area contributed by atoms with Crippen molar-refractivity contribution >= 4 is 0 Å². The molecule has 0 heterocycles. The molecular weight excluding hydrogens is 161 g/mol. The Morgan fingerprint density at radius 3 is 1.44 bits per heavy atom. The Hall–Kier alpha value is 0.103. The van der Waals surface area contributed by atoms with Gasteiger partial charge in [0, 0.05) is 0 Å². The molecule has 0 nitrogen and oxygen atoms in total. The predicted molar refractivity (Wildman–Crippen MR) is 38.9 cm³/mol. The molecule has 0 spiro atoms. The van der Waals surface area contributed by atoms with Crippen molar-refractivity contribution in [1.82, 2.24) is 0 Å². The molecule has 0 aliphatic heterocycles. The van der Waals surface area contributed by atoms with Crippen LogP contribution in [0, 0.1) is 0 Å². The Bertz CT molecular complexity index is 108. The van der Waals surface area contributed by atoms with Gasteiger partial charge in [-0.25, -0.2) is 0 Å². The van der Waals surface area contributed by atoms with Crippen LogP contribution < -0.4 is 0 Å². The number of allylic oxidation sites excluding steroid dienone is 2. The minimum absolute atomic E-state index is 0.391. The second-order valence-electron chi connectivity index (χ2n) is 2.80. The first-order valence-electron chi connectivity index (χ1n) is 3.39. The molecule has 0 aromatic heterocycles. The van der Waals surface area contributed by atoms with Crippen LogP contribution in [0.5, 0.6) is 0 Å². The van der Waals surface area contributed by atoms with Gasteiger partial charge in [-0.15, -0.1) is 0 Å². The van der Waals surface area contributed by atoms with E-state index in [1.54, 1.807) is 0 Å². The predicted octanol–water partition coefficient (Wildman–Crippen LogP) is 2.92. The third kappa shape index (κ3) is 8.10. The van der Waals surface area contributed by atoms with Gasteiger partial charge in [-0.1, -0.05) is 0 Å². The standard InChI is InChI=1S/2C4H7.Zn/c2*1-4(2)3;/h2*1H,2-3H3;. The third-order valence-corrected chi connectivity index (χ3v) is 5.47. The fourth-order valence-electron chi connectivity index (χ4n) is 0.530. The fourth-order valence-corrected chi connectivity index (χ4v) is 2.76. The maximum absolute atomic E-state index is 2.42. The molecule has 0 fully saturated rings. The molecular formula is C8H14Zn. The summed E-state index contributed by atoms with van der Waals surface area (Å²) in [5.41, 5.74) is 2.96. The van der Waals surface area contributed by atoms with E-state index in [9.17, 15) is 0 Å². The fraction of sp³-hybridized carbons (Fsp3) is 0.500. The van der Waals surface area contributed by atoms with Crippen LogP contribution in [0.4, 0.5) is 0 Å². The van der Waals surface area contributed by atoms with E-state index in [1.165, 1.54) is 11.1 Å². The van der Waals surface area contributed by atoms with Crippen LogP contribution in [0.25, 0.3) is 0 Å². The molecule has 0 bridgehead atoms. The first kappa shape index (κ1) is 9.10. The quantitative estimate of drug-likeness (QED) is 0.566. The van der Waals surface area contributed by atoms with Gasteiger partial charge < -0.3 is 0 Å². The van der Waals surface area contributed by atoms with Crippen molar-refractivity contribution in [2.45, 2.75) is 27.7 Å². The molecule has 9 heavy (non-hydrogen) atoms. The molecule has 0 aromatic rings. The van der Waals surface area contributed by atoms with Crippen LogP contribution >= 0.6 is 0 Å². The summed E-state index contributed by atoms with van der Waals surface area (Å²) in [5.74, 6) is 0. The van der Waals surface area contributed by atoms with Gasteiger partial charge in [0.05, 0.1) is 0 Å². The summed E-state index contributed by atoms with van der Waals surface area (Å²) in [6.07, 6.45) is 0. The molecule has 0 rings (SSSR count). The summed E-state index contributed by atoms with van der Waals surface area (Å²) < 4.78 is 4.83. The van der Waals surface area contributed by atoms with E-state index in [4.69, 9.17) is 0 Å². The van der Waals surface area contributed by atoms with Gasteiger partial charge in [0.2, 0.25) is 0 Å². The van der Waals surface area contributed by atoms with Gasteiger partial charge in [-0.3, -0.25) is 0 Å². The van der Waals surface area contributed by atoms with Gasteiger partial charge >= 0.3 is 65.3 Å². The first-order chi connectivity index (χ1) is 4.13. The summed E-state index contributed by atoms with van der Waals surface area (Å²) in [4.78, 5) is 0. The minimum atomic E-state index is -0.391. The second kappa shape index (κ2) is 4.93. The average Bonchev–Trinajstić information content (AvgIpc) is 1.63. The summed E-state index contributed by atoms with van der Waals surface area (Å²) in [6, 6.07) is 0. The van der Waals surface area contributed by atoms with Crippen molar-refractivity contribution in [3.63, 3.8) is 0 Å². The Kier molecular flexibility index (Phi) is 4.99. The van der Waals surface area contributed by atoms with Crippen LogP contribution in [0.3, 0.4) is 0 Å². The molecule has 48 valence electrons. The summed E-state index contributed by atoms with van der Waals surface area (Å²) in [5, 5.41) is 0. The van der Waals surface area contributed by atoms with E-state index in [2.05, 4.69) is 37.0 Å². The van der Waals surface area contributed by atoms with Gasteiger partial charge in [-0.2, -0.15) is 0 Å². The zero-order chi connectivity index (χ0) is 7.28. The third-order valence-electron chi connectivity index (χ3n) is 1.05. The summed E-state index contributed by atoms with van der Waals surface area (Å²) in [7, 11) is 0. The van der Waals surface area contributed by atoms with E-state index in [0.717, 1.165) is 0 Å². The van der Waals surface area contributed by atoms with Gasteiger partial charge in [0.15, 0.2) is 0 Å². The van der Waals surface area contributed by atoms with Crippen molar-refractivity contribution < 1.29 is 17.1 Å². The van der Waals surface area contributed by atoms with Crippen LogP contribution in [0.15, 0.2) is 20.5 Å². The maximum atomic E-state index is 2.42. The van der Waals surface area contributed by atoms with E-state index < -0.39 is 17.1 Å². The summed E-state index contributed by atoms with van der Waals surface area (Å²) >= 11 is -0.391. The Balaban J connectivity index is 3.53. The van der Waals surface area contributed by atoms with Gasteiger partial charge in [0.1, 0.15) is 0 Å². The van der Waals surface area contributed by atoms with Crippen LogP contribution in [-0.2, 0) is 17.1 Å². The van der Waals surface area contributed by atoms with E-state index >= 15 is 0 Å². The molecule has 0 atom stereocenters. The molecule has 0 aliphatic carbocycles. The van der Waals surface area contributed by atoms with Crippen LogP contribution in [-0.4, -0.2) is 0 Å². The number of hydrogen-bond acceptors (Lipinski definition) is 0. The van der Waals surface area contributed by atoms with E-state index in [-0.39, 0.29) is 0 Å². The number of rotatable bonds is 2. The van der Waals surface area contributed by atoms with Crippen molar-refractivity contribution in [3.05, 3.63) is 20.5 Å². The van der Waals surface area contributed by atoms with Crippen LogP contribution in [0.1, 0.15) is 27.7 Å². The van der Waals surface area contributed by atoms with Gasteiger partial charge in [-0.05, 0) is 0 Å². The molecule has 0 N–H and O–H groups in total. The molecule has 0 unspecified atom stereocenters. The van der Waals surface area contributed by atoms with E-state index in [1.807, 2.05) is 0 Å². The SMILES string of the molecule is CC(C)=[CH][Zn][CH]=C(C)C. The molecule has 1 heteroatoms. The average molecular weight is 176 g/mol. The topological polar surface area (TPSA) is 0 Å². The number of hydrogen-bond donors (Lipinski definition) is 0. The Labute approximate surface area is 65.6 Å². The van der Waals surface area contributed by atoms with Crippen molar-refractivity contribution in [2.75, 3.05) is 0 Å². The van der Waals surface area contributed by atoms with Gasteiger partial charge in [0.25, 0.3) is 0 Å². The van der Waals surface area contributed by atoms with Crippen LogP contribution in [0.2, 0.25) is 0 Å². The van der Waals surface area contributed by atoms with Crippen molar-refractivity contribution in [3.8, 4) is 0 Å². The molecule has 0 radical (unpaired) electrons. The molecule has 0 saturated carbocycles. The summed E-state index contributed by atoms with van der Waals surface area (Å²) in [6.45, 7) is 8.68. The van der Waals surface area contributed by atoms with E-state index in [0.29, 0.717) is 0 Å². The second-order valence-corrected chi connectivity index (χ2v) is 5.50.